The van der Waals surface area contributed by atoms with Crippen molar-refractivity contribution in [1.29, 1.82) is 0 Å². The van der Waals surface area contributed by atoms with Crippen molar-refractivity contribution in [1.82, 2.24) is 15.0 Å². The Hall–Kier alpha value is -7.49. The largest absolute Gasteiger partial charge is 0.247 e. The van der Waals surface area contributed by atoms with E-state index in [2.05, 4.69) is 188 Å². The molecule has 0 aliphatic heterocycles. The highest BCUT2D eigenvalue weighted by atomic mass is 14.9. The molecular weight excluding hydrogens is 703 g/mol. The topological polar surface area (TPSA) is 38.7 Å². The Morgan fingerprint density at radius 2 is 0.810 bits per heavy atom. The van der Waals surface area contributed by atoms with Gasteiger partial charge >= 0.3 is 0 Å². The van der Waals surface area contributed by atoms with Crippen LogP contribution >= 0.6 is 0 Å². The van der Waals surface area contributed by atoms with Crippen molar-refractivity contribution in [2.75, 3.05) is 0 Å². The minimum atomic E-state index is 0.769. The van der Waals surface area contributed by atoms with Gasteiger partial charge in [-0.3, -0.25) is 0 Å². The Morgan fingerprint density at radius 3 is 1.40 bits per heavy atom. The minimum absolute atomic E-state index is 0.769. The second-order valence-corrected chi connectivity index (χ2v) is 15.1. The van der Waals surface area contributed by atoms with Gasteiger partial charge in [-0.1, -0.05) is 170 Å². The van der Waals surface area contributed by atoms with Gasteiger partial charge in [0.2, 0.25) is 0 Å². The maximum atomic E-state index is 5.54. The Bertz CT molecular complexity index is 3210. The van der Waals surface area contributed by atoms with E-state index >= 15 is 0 Å². The number of fused-ring (bicyclic) bond motifs is 5. The molecule has 0 spiro atoms. The molecule has 2 heterocycles. The van der Waals surface area contributed by atoms with Crippen LogP contribution in [0.15, 0.2) is 200 Å². The van der Waals surface area contributed by atoms with Crippen LogP contribution in [0.2, 0.25) is 0 Å². The molecule has 272 valence electrons. The lowest BCUT2D eigenvalue weighted by atomic mass is 9.89. The molecule has 0 atom stereocenters. The average molecular weight is 740 g/mol. The molecule has 0 N–H and O–H groups in total. The lowest BCUT2D eigenvalue weighted by molar-refractivity contribution is 1.01. The molecule has 3 heteroatoms. The van der Waals surface area contributed by atoms with Crippen LogP contribution in [-0.2, 0) is 0 Å². The van der Waals surface area contributed by atoms with Crippen molar-refractivity contribution in [3.63, 3.8) is 0 Å². The summed E-state index contributed by atoms with van der Waals surface area (Å²) in [5.74, 6) is 0.769. The maximum Gasteiger partial charge on any atom is 0.156 e. The average Bonchev–Trinajstić information content (AvgIpc) is 3.31. The smallest absolute Gasteiger partial charge is 0.156 e. The highest BCUT2D eigenvalue weighted by molar-refractivity contribution is 6.16. The Labute approximate surface area is 337 Å². The number of aromatic nitrogens is 3. The highest BCUT2D eigenvalue weighted by Crippen LogP contribution is 2.42. The van der Waals surface area contributed by atoms with Gasteiger partial charge in [0.05, 0.1) is 22.6 Å². The Morgan fingerprint density at radius 1 is 0.310 bits per heavy atom. The normalized spacial score (nSPS) is 12.9. The van der Waals surface area contributed by atoms with E-state index in [0.717, 1.165) is 68.7 Å². The third kappa shape index (κ3) is 6.14. The molecule has 2 aromatic heterocycles. The first-order valence-corrected chi connectivity index (χ1v) is 20.0. The molecule has 11 rings (SSSR count). The van der Waals surface area contributed by atoms with E-state index in [0.29, 0.717) is 0 Å². The predicted molar refractivity (Wildman–Crippen MR) is 243 cm³/mol. The SMILES string of the molecule is C1=C(c2cc(-c3ccc4ccccc4c3)c3cc(-c4ccc5ccccc5c4)c4ccccc4c3n2)CCC(c2nc(-c3ccccc3)cc(-c3ccccc3)n2)=C1. The van der Waals surface area contributed by atoms with E-state index in [-0.39, 0.29) is 0 Å². The van der Waals surface area contributed by atoms with Crippen molar-refractivity contribution >= 4 is 54.4 Å². The van der Waals surface area contributed by atoms with Gasteiger partial charge < -0.3 is 0 Å². The summed E-state index contributed by atoms with van der Waals surface area (Å²) in [5.41, 5.74) is 13.1. The molecule has 1 aliphatic carbocycles. The molecule has 58 heavy (non-hydrogen) atoms. The lowest BCUT2D eigenvalue weighted by Crippen LogP contribution is -2.03. The summed E-state index contributed by atoms with van der Waals surface area (Å²) in [6, 6.07) is 67.1. The Balaban J connectivity index is 1.09. The number of pyridine rings is 1. The van der Waals surface area contributed by atoms with Crippen molar-refractivity contribution in [2.24, 2.45) is 0 Å². The fourth-order valence-electron chi connectivity index (χ4n) is 8.55. The van der Waals surface area contributed by atoms with Crippen LogP contribution in [0.25, 0.3) is 99.1 Å². The monoisotopic (exact) mass is 739 g/mol. The van der Waals surface area contributed by atoms with Crippen LogP contribution in [0.1, 0.15) is 24.4 Å². The van der Waals surface area contributed by atoms with Gasteiger partial charge in [-0.25, -0.2) is 15.0 Å². The summed E-state index contributed by atoms with van der Waals surface area (Å²) in [6.07, 6.45) is 6.09. The molecule has 0 saturated carbocycles. The van der Waals surface area contributed by atoms with Crippen LogP contribution in [0.4, 0.5) is 0 Å². The summed E-state index contributed by atoms with van der Waals surface area (Å²) in [7, 11) is 0. The summed E-state index contributed by atoms with van der Waals surface area (Å²) >= 11 is 0. The van der Waals surface area contributed by atoms with Gasteiger partial charge in [0.15, 0.2) is 5.82 Å². The first kappa shape index (κ1) is 33.8. The van der Waals surface area contributed by atoms with E-state index in [1.54, 1.807) is 0 Å². The molecule has 0 fully saturated rings. The van der Waals surface area contributed by atoms with Crippen LogP contribution in [0.5, 0.6) is 0 Å². The fourth-order valence-corrected chi connectivity index (χ4v) is 8.55. The third-order valence-corrected chi connectivity index (χ3v) is 11.6. The Kier molecular flexibility index (Phi) is 8.29. The molecule has 0 saturated heterocycles. The number of benzene rings is 8. The predicted octanol–water partition coefficient (Wildman–Crippen LogP) is 14.4. The highest BCUT2D eigenvalue weighted by Gasteiger charge is 2.20. The van der Waals surface area contributed by atoms with Gasteiger partial charge in [0.1, 0.15) is 0 Å². The quantitative estimate of drug-likeness (QED) is 0.159. The van der Waals surface area contributed by atoms with Gasteiger partial charge in [0.25, 0.3) is 0 Å². The first-order chi connectivity index (χ1) is 28.7. The first-order valence-electron chi connectivity index (χ1n) is 20.0. The second-order valence-electron chi connectivity index (χ2n) is 15.1. The number of hydrogen-bond donors (Lipinski definition) is 0. The maximum absolute atomic E-state index is 5.54. The second kappa shape index (κ2) is 14.2. The summed E-state index contributed by atoms with van der Waals surface area (Å²) in [5, 5.41) is 8.42. The van der Waals surface area contributed by atoms with Crippen molar-refractivity contribution in [3.05, 3.63) is 212 Å². The molecule has 1 aliphatic rings. The molecule has 8 aromatic carbocycles. The number of hydrogen-bond acceptors (Lipinski definition) is 3. The fraction of sp³-hybridized carbons (Fsp3) is 0.0364. The summed E-state index contributed by atoms with van der Waals surface area (Å²) in [4.78, 5) is 15.8. The van der Waals surface area contributed by atoms with E-state index in [1.807, 2.05) is 12.1 Å². The van der Waals surface area contributed by atoms with E-state index in [9.17, 15) is 0 Å². The molecule has 10 aromatic rings. The molecule has 0 radical (unpaired) electrons. The van der Waals surface area contributed by atoms with Crippen molar-refractivity contribution < 1.29 is 0 Å². The zero-order chi connectivity index (χ0) is 38.4. The van der Waals surface area contributed by atoms with Gasteiger partial charge in [-0.15, -0.1) is 0 Å². The molecule has 0 amide bonds. The minimum Gasteiger partial charge on any atom is -0.247 e. The molecule has 0 bridgehead atoms. The van der Waals surface area contributed by atoms with Crippen LogP contribution < -0.4 is 0 Å². The van der Waals surface area contributed by atoms with Crippen LogP contribution in [0, 0.1) is 0 Å². The van der Waals surface area contributed by atoms with Crippen molar-refractivity contribution in [3.8, 4) is 44.8 Å². The van der Waals surface area contributed by atoms with Crippen molar-refractivity contribution in [2.45, 2.75) is 12.8 Å². The summed E-state index contributed by atoms with van der Waals surface area (Å²) < 4.78 is 0. The van der Waals surface area contributed by atoms with Gasteiger partial charge in [-0.05, 0) is 104 Å². The van der Waals surface area contributed by atoms with Gasteiger partial charge in [0, 0.05) is 21.9 Å². The number of allylic oxidation sites excluding steroid dienone is 4. The molecular formula is C55H37N3. The zero-order valence-electron chi connectivity index (χ0n) is 31.8. The number of nitrogens with zero attached hydrogens (tertiary/aromatic N) is 3. The molecule has 3 nitrogen and oxygen atoms in total. The van der Waals surface area contributed by atoms with Crippen LogP contribution in [0.3, 0.4) is 0 Å². The van der Waals surface area contributed by atoms with Gasteiger partial charge in [-0.2, -0.15) is 0 Å². The standard InChI is InChI=1S/C55H37N3/c1-3-15-38(16-4-1)52-35-53(39-17-5-2-6-18-39)58-55(57-52)41-27-25-40(26-28-41)51-34-49(45-30-24-37-14-8-10-20-43(37)32-45)50-33-48(46-21-11-12-22-47(46)54(50)56-51)44-29-23-36-13-7-9-19-42(36)31-44/h1-25,27,29-35H,26,28H2. The number of rotatable bonds is 6. The lowest BCUT2D eigenvalue weighted by Gasteiger charge is -2.19. The van der Waals surface area contributed by atoms with Crippen LogP contribution in [-0.4, -0.2) is 15.0 Å². The summed E-state index contributed by atoms with van der Waals surface area (Å²) in [6.45, 7) is 0. The van der Waals surface area contributed by atoms with E-state index in [4.69, 9.17) is 15.0 Å². The third-order valence-electron chi connectivity index (χ3n) is 11.6. The molecule has 0 unspecified atom stereocenters. The van der Waals surface area contributed by atoms with E-state index < -0.39 is 0 Å². The zero-order valence-corrected chi connectivity index (χ0v) is 31.8. The van der Waals surface area contributed by atoms with E-state index in [1.165, 1.54) is 54.8 Å².